The molecular formula is C21H21NO. The summed E-state index contributed by atoms with van der Waals surface area (Å²) < 4.78 is 5.88. The van der Waals surface area contributed by atoms with Crippen LogP contribution in [0.25, 0.3) is 21.5 Å². The Kier molecular flexibility index (Phi) is 3.13. The van der Waals surface area contributed by atoms with Gasteiger partial charge in [-0.15, -0.1) is 0 Å². The monoisotopic (exact) mass is 303 g/mol. The average molecular weight is 303 g/mol. The first-order valence-electron chi connectivity index (χ1n) is 8.67. The van der Waals surface area contributed by atoms with Crippen molar-refractivity contribution in [2.45, 2.75) is 25.5 Å². The molecule has 0 bridgehead atoms. The molecule has 2 atom stereocenters. The zero-order chi connectivity index (χ0) is 15.2. The molecule has 23 heavy (non-hydrogen) atoms. The molecule has 2 unspecified atom stereocenters. The fourth-order valence-electron chi connectivity index (χ4n) is 4.38. The lowest BCUT2D eigenvalue weighted by Gasteiger charge is -2.29. The van der Waals surface area contributed by atoms with Gasteiger partial charge in [-0.25, -0.2) is 0 Å². The third kappa shape index (κ3) is 2.17. The quantitative estimate of drug-likeness (QED) is 0.685. The minimum Gasteiger partial charge on any atom is -0.362 e. The lowest BCUT2D eigenvalue weighted by Crippen LogP contribution is -2.35. The highest BCUT2D eigenvalue weighted by atomic mass is 16.5. The molecule has 1 heterocycles. The van der Waals surface area contributed by atoms with Gasteiger partial charge in [-0.2, -0.15) is 0 Å². The molecule has 1 aliphatic carbocycles. The minimum absolute atomic E-state index is 0.249. The molecule has 116 valence electrons. The second kappa shape index (κ2) is 5.33. The molecule has 3 aromatic rings. The fourth-order valence-corrected chi connectivity index (χ4v) is 4.38. The summed E-state index contributed by atoms with van der Waals surface area (Å²) in [5.41, 5.74) is 3.07. The van der Waals surface area contributed by atoms with Crippen LogP contribution in [0.15, 0.2) is 48.5 Å². The van der Waals surface area contributed by atoms with Gasteiger partial charge in [0.05, 0.1) is 6.61 Å². The van der Waals surface area contributed by atoms with E-state index >= 15 is 0 Å². The van der Waals surface area contributed by atoms with Crippen LogP contribution in [0.4, 0.5) is 0 Å². The first kappa shape index (κ1) is 13.5. The predicted octanol–water partition coefficient (Wildman–Crippen LogP) is 4.04. The molecule has 1 N–H and O–H groups in total. The van der Waals surface area contributed by atoms with Crippen molar-refractivity contribution in [3.63, 3.8) is 0 Å². The SMILES string of the molecule is c1ccc2c(c1)ccc1c3c(ccc12)CCC(C1NCCO1)C3. The number of benzene rings is 3. The predicted molar refractivity (Wildman–Crippen MR) is 94.7 cm³/mol. The van der Waals surface area contributed by atoms with Gasteiger partial charge in [-0.05, 0) is 51.9 Å². The highest BCUT2D eigenvalue weighted by molar-refractivity contribution is 6.08. The van der Waals surface area contributed by atoms with Gasteiger partial charge in [0.2, 0.25) is 0 Å². The van der Waals surface area contributed by atoms with Gasteiger partial charge in [0, 0.05) is 12.5 Å². The first-order chi connectivity index (χ1) is 11.4. The molecule has 0 spiro atoms. The molecule has 2 nitrogen and oxygen atoms in total. The standard InChI is InChI=1S/C21H21NO/c1-2-4-17-14(3-1)7-10-19-18(17)9-8-15-5-6-16(13-20(15)19)21-22-11-12-23-21/h1-4,7-10,16,21-22H,5-6,11-13H2. The molecule has 5 rings (SSSR count). The summed E-state index contributed by atoms with van der Waals surface area (Å²) in [5.74, 6) is 0.599. The van der Waals surface area contributed by atoms with Crippen LogP contribution in [0, 0.1) is 5.92 Å². The summed E-state index contributed by atoms with van der Waals surface area (Å²) in [4.78, 5) is 0. The summed E-state index contributed by atoms with van der Waals surface area (Å²) in [7, 11) is 0. The van der Waals surface area contributed by atoms with Crippen LogP contribution in [0.5, 0.6) is 0 Å². The van der Waals surface area contributed by atoms with Gasteiger partial charge < -0.3 is 4.74 Å². The van der Waals surface area contributed by atoms with Crippen LogP contribution in [0.2, 0.25) is 0 Å². The Bertz CT molecular complexity index is 880. The zero-order valence-electron chi connectivity index (χ0n) is 13.2. The molecule has 0 aromatic heterocycles. The van der Waals surface area contributed by atoms with Crippen LogP contribution < -0.4 is 5.32 Å². The van der Waals surface area contributed by atoms with Crippen molar-refractivity contribution in [1.82, 2.24) is 5.32 Å². The van der Waals surface area contributed by atoms with Crippen LogP contribution >= 0.6 is 0 Å². The van der Waals surface area contributed by atoms with E-state index in [-0.39, 0.29) is 6.23 Å². The van der Waals surface area contributed by atoms with Gasteiger partial charge in [0.25, 0.3) is 0 Å². The second-order valence-corrected chi connectivity index (χ2v) is 6.83. The Morgan fingerprint density at radius 2 is 1.83 bits per heavy atom. The van der Waals surface area contributed by atoms with E-state index < -0.39 is 0 Å². The Labute approximate surface area is 136 Å². The summed E-state index contributed by atoms with van der Waals surface area (Å²) in [6, 6.07) is 18.0. The number of hydrogen-bond donors (Lipinski definition) is 1. The maximum absolute atomic E-state index is 5.88. The topological polar surface area (TPSA) is 21.3 Å². The van der Waals surface area contributed by atoms with E-state index in [0.29, 0.717) is 5.92 Å². The Hall–Kier alpha value is -1.90. The van der Waals surface area contributed by atoms with Crippen molar-refractivity contribution in [3.05, 3.63) is 59.7 Å². The second-order valence-electron chi connectivity index (χ2n) is 6.83. The summed E-state index contributed by atoms with van der Waals surface area (Å²) in [6.45, 7) is 1.85. The number of fused-ring (bicyclic) bond motifs is 5. The molecule has 2 heteroatoms. The normalized spacial score (nSPS) is 24.2. The van der Waals surface area contributed by atoms with Crippen molar-refractivity contribution in [2.75, 3.05) is 13.2 Å². The van der Waals surface area contributed by atoms with Crippen molar-refractivity contribution in [2.24, 2.45) is 5.92 Å². The van der Waals surface area contributed by atoms with Crippen LogP contribution in [0.1, 0.15) is 17.5 Å². The molecule has 1 aliphatic heterocycles. The van der Waals surface area contributed by atoms with Gasteiger partial charge in [0.1, 0.15) is 6.23 Å². The zero-order valence-corrected chi connectivity index (χ0v) is 13.2. The number of rotatable bonds is 1. The van der Waals surface area contributed by atoms with Gasteiger partial charge in [-0.1, -0.05) is 48.5 Å². The minimum atomic E-state index is 0.249. The molecular weight excluding hydrogens is 282 g/mol. The number of nitrogens with one attached hydrogen (secondary N) is 1. The molecule has 1 saturated heterocycles. The van der Waals surface area contributed by atoms with E-state index in [1.807, 2.05) is 0 Å². The van der Waals surface area contributed by atoms with Gasteiger partial charge in [0.15, 0.2) is 0 Å². The molecule has 0 amide bonds. The average Bonchev–Trinajstić information content (AvgIpc) is 3.15. The van der Waals surface area contributed by atoms with E-state index in [4.69, 9.17) is 4.74 Å². The smallest absolute Gasteiger partial charge is 0.111 e. The third-order valence-electron chi connectivity index (χ3n) is 5.56. The van der Waals surface area contributed by atoms with Crippen LogP contribution in [-0.2, 0) is 17.6 Å². The Balaban J connectivity index is 1.65. The number of hydrogen-bond acceptors (Lipinski definition) is 2. The molecule has 3 aromatic carbocycles. The van der Waals surface area contributed by atoms with Crippen molar-refractivity contribution >= 4 is 21.5 Å². The van der Waals surface area contributed by atoms with E-state index in [9.17, 15) is 0 Å². The van der Waals surface area contributed by atoms with Crippen molar-refractivity contribution in [1.29, 1.82) is 0 Å². The first-order valence-corrected chi connectivity index (χ1v) is 8.67. The summed E-state index contributed by atoms with van der Waals surface area (Å²) in [6.07, 6.45) is 3.77. The van der Waals surface area contributed by atoms with E-state index in [2.05, 4.69) is 53.8 Å². The maximum Gasteiger partial charge on any atom is 0.111 e. The Morgan fingerprint density at radius 1 is 0.913 bits per heavy atom. The largest absolute Gasteiger partial charge is 0.362 e. The Morgan fingerprint density at radius 3 is 2.74 bits per heavy atom. The number of ether oxygens (including phenoxy) is 1. The maximum atomic E-state index is 5.88. The van der Waals surface area contributed by atoms with Gasteiger partial charge in [-0.3, -0.25) is 5.32 Å². The summed E-state index contributed by atoms with van der Waals surface area (Å²) in [5, 5.41) is 9.03. The molecule has 0 radical (unpaired) electrons. The van der Waals surface area contributed by atoms with E-state index in [1.165, 1.54) is 39.9 Å². The lowest BCUT2D eigenvalue weighted by molar-refractivity contribution is 0.0466. The third-order valence-corrected chi connectivity index (χ3v) is 5.56. The number of aryl methyl sites for hydroxylation is 1. The van der Waals surface area contributed by atoms with Crippen LogP contribution in [0.3, 0.4) is 0 Å². The van der Waals surface area contributed by atoms with Gasteiger partial charge >= 0.3 is 0 Å². The molecule has 2 aliphatic rings. The van der Waals surface area contributed by atoms with Crippen LogP contribution in [-0.4, -0.2) is 19.4 Å². The highest BCUT2D eigenvalue weighted by Crippen LogP contribution is 2.36. The fraction of sp³-hybridized carbons (Fsp3) is 0.333. The lowest BCUT2D eigenvalue weighted by atomic mass is 9.80. The van der Waals surface area contributed by atoms with E-state index in [1.54, 1.807) is 5.56 Å². The highest BCUT2D eigenvalue weighted by Gasteiger charge is 2.29. The van der Waals surface area contributed by atoms with Crippen molar-refractivity contribution < 1.29 is 4.74 Å². The molecule has 1 fully saturated rings. The summed E-state index contributed by atoms with van der Waals surface area (Å²) >= 11 is 0. The molecule has 0 saturated carbocycles. The van der Waals surface area contributed by atoms with Crippen molar-refractivity contribution in [3.8, 4) is 0 Å². The van der Waals surface area contributed by atoms with E-state index in [0.717, 1.165) is 19.6 Å².